The molecular weight excluding hydrogens is 664 g/mol. The molecule has 0 spiro atoms. The van der Waals surface area contributed by atoms with E-state index >= 15 is 0 Å². The predicted molar refractivity (Wildman–Crippen MR) is 133 cm³/mol. The molecule has 3 aromatic carbocycles. The van der Waals surface area contributed by atoms with E-state index in [1.165, 1.54) is 10.8 Å². The maximum absolute atomic E-state index is 13.1. The Bertz CT molecular complexity index is 1140. The molecule has 1 saturated carbocycles. The van der Waals surface area contributed by atoms with Crippen molar-refractivity contribution in [1.82, 2.24) is 5.32 Å². The first-order chi connectivity index (χ1) is 16.4. The largest absolute Gasteiger partial charge is 0.491 e. The van der Waals surface area contributed by atoms with E-state index in [-0.39, 0.29) is 55.4 Å². The average Bonchev–Trinajstić information content (AvgIpc) is 2.80. The average molecular weight is 697 g/mol. The second-order valence-corrected chi connectivity index (χ2v) is 9.39. The van der Waals surface area contributed by atoms with Crippen LogP contribution in [0, 0.1) is 54.8 Å². The Morgan fingerprint density at radius 2 is 1.71 bits per heavy atom. The fourth-order valence-corrected chi connectivity index (χ4v) is 4.47. The van der Waals surface area contributed by atoms with Crippen molar-refractivity contribution in [2.24, 2.45) is 17.8 Å². The van der Waals surface area contributed by atoms with Gasteiger partial charge >= 0.3 is 5.97 Å². The van der Waals surface area contributed by atoms with Gasteiger partial charge in [-0.1, -0.05) is 99.5 Å². The molecule has 0 heterocycles. The zero-order valence-electron chi connectivity index (χ0n) is 20.3. The summed E-state index contributed by atoms with van der Waals surface area (Å²) in [6.07, 6.45) is 3.07. The van der Waals surface area contributed by atoms with E-state index in [2.05, 4.69) is 29.6 Å². The van der Waals surface area contributed by atoms with Gasteiger partial charge in [0.05, 0.1) is 11.7 Å². The van der Waals surface area contributed by atoms with Crippen LogP contribution in [-0.4, -0.2) is 23.5 Å². The fraction of sp³-hybridized carbons (Fsp3) is 0.345. The van der Waals surface area contributed by atoms with Crippen LogP contribution in [0.3, 0.4) is 0 Å². The smallest absolute Gasteiger partial charge is 0.308 e. The van der Waals surface area contributed by atoms with Crippen LogP contribution in [0.1, 0.15) is 44.2 Å². The summed E-state index contributed by atoms with van der Waals surface area (Å²) in [7, 11) is 0. The standard InChI is InChI=1S/C29H32NO4.U/c1-19(2)26(29(32)33)17-30-28(31)27(21-9-6-10-21)22-13-15-24(16-14-22)34-18-23-11-5-8-20-7-3-4-12-25(20)23;/h3-5,7-8,11-16,19,21,26H,6,9-10,17-18H2,1-2H3,(H,30,31)(H,32,33);/q-1;. The summed E-state index contributed by atoms with van der Waals surface area (Å²) in [5.41, 5.74) is 2.00. The second kappa shape index (κ2) is 12.5. The van der Waals surface area contributed by atoms with Gasteiger partial charge in [0.1, 0.15) is 6.61 Å². The molecule has 4 rings (SSSR count). The first kappa shape index (κ1) is 27.2. The molecule has 0 aliphatic heterocycles. The van der Waals surface area contributed by atoms with E-state index in [1.807, 2.05) is 56.3 Å². The molecule has 0 aromatic heterocycles. The molecular formula is C29H32NO4U-. The Hall–Kier alpha value is -2.42. The minimum Gasteiger partial charge on any atom is -0.491 e. The number of carboxylic acid groups (broad SMARTS) is 1. The summed E-state index contributed by atoms with van der Waals surface area (Å²) in [4.78, 5) is 24.6. The van der Waals surface area contributed by atoms with Gasteiger partial charge in [-0.25, -0.2) is 0 Å². The summed E-state index contributed by atoms with van der Waals surface area (Å²) >= 11 is 0. The number of carboxylic acids is 1. The third-order valence-electron chi connectivity index (χ3n) is 6.80. The fourth-order valence-electron chi connectivity index (χ4n) is 4.47. The normalized spacial score (nSPS) is 14.0. The molecule has 0 saturated heterocycles. The van der Waals surface area contributed by atoms with Crippen molar-refractivity contribution in [3.63, 3.8) is 0 Å². The minimum atomic E-state index is -0.881. The zero-order valence-corrected chi connectivity index (χ0v) is 24.5. The Labute approximate surface area is 231 Å². The van der Waals surface area contributed by atoms with Gasteiger partial charge in [0.25, 0.3) is 0 Å². The number of hydrogen-bond acceptors (Lipinski definition) is 3. The minimum absolute atomic E-state index is 0. The Morgan fingerprint density at radius 3 is 2.34 bits per heavy atom. The van der Waals surface area contributed by atoms with Crippen molar-refractivity contribution >= 4 is 22.6 Å². The maximum atomic E-state index is 13.1. The van der Waals surface area contributed by atoms with Gasteiger partial charge < -0.3 is 15.2 Å². The third kappa shape index (κ3) is 6.63. The number of aliphatic carboxylic acids is 1. The quantitative estimate of drug-likeness (QED) is 0.271. The van der Waals surface area contributed by atoms with Crippen LogP contribution in [-0.2, 0) is 16.2 Å². The monoisotopic (exact) mass is 696 g/mol. The number of carbonyl (C=O) groups excluding carboxylic acids is 1. The van der Waals surface area contributed by atoms with Gasteiger partial charge in [0, 0.05) is 37.7 Å². The van der Waals surface area contributed by atoms with Crippen LogP contribution < -0.4 is 10.1 Å². The topological polar surface area (TPSA) is 75.6 Å². The van der Waals surface area contributed by atoms with Crippen LogP contribution in [0.15, 0.2) is 66.7 Å². The first-order valence-corrected chi connectivity index (χ1v) is 12.0. The molecule has 1 unspecified atom stereocenters. The predicted octanol–water partition coefficient (Wildman–Crippen LogP) is 5.61. The van der Waals surface area contributed by atoms with Crippen LogP contribution >= 0.6 is 0 Å². The molecule has 6 heteroatoms. The van der Waals surface area contributed by atoms with Gasteiger partial charge in [-0.2, -0.15) is 17.7 Å². The number of benzene rings is 3. The van der Waals surface area contributed by atoms with Crippen molar-refractivity contribution in [2.45, 2.75) is 39.7 Å². The molecule has 182 valence electrons. The van der Waals surface area contributed by atoms with E-state index in [9.17, 15) is 14.7 Å². The number of hydrogen-bond donors (Lipinski definition) is 2. The molecule has 1 amide bonds. The van der Waals surface area contributed by atoms with Crippen LogP contribution in [0.4, 0.5) is 0 Å². The molecule has 1 aliphatic rings. The van der Waals surface area contributed by atoms with E-state index in [1.54, 1.807) is 0 Å². The molecule has 3 aromatic rings. The Kier molecular flexibility index (Phi) is 9.72. The summed E-state index contributed by atoms with van der Waals surface area (Å²) in [5.74, 6) is 0.00842. The van der Waals surface area contributed by atoms with E-state index < -0.39 is 11.9 Å². The number of nitrogens with one attached hydrogen (secondary N) is 1. The summed E-state index contributed by atoms with van der Waals surface area (Å²) in [6, 6.07) is 22.1. The van der Waals surface area contributed by atoms with Crippen LogP contribution in [0.5, 0.6) is 5.75 Å². The SMILES string of the molecule is CC(C)C(CNC(=O)[C-](c1ccc(OCc2cccc3ccccc23)cc1)C1CCC1)C(=O)O.[U]. The Morgan fingerprint density at radius 1 is 1.03 bits per heavy atom. The molecule has 1 fully saturated rings. The number of ether oxygens (including phenoxy) is 1. The van der Waals surface area contributed by atoms with E-state index in [4.69, 9.17) is 4.74 Å². The van der Waals surface area contributed by atoms with Crippen LogP contribution in [0.25, 0.3) is 10.8 Å². The Balaban J connectivity index is 0.00000342. The second-order valence-electron chi connectivity index (χ2n) is 9.39. The number of rotatable bonds is 10. The molecule has 1 atom stereocenters. The van der Waals surface area contributed by atoms with Crippen molar-refractivity contribution in [1.29, 1.82) is 0 Å². The third-order valence-corrected chi connectivity index (χ3v) is 6.80. The number of fused-ring (bicyclic) bond motifs is 1. The van der Waals surface area contributed by atoms with Gasteiger partial charge in [0.2, 0.25) is 0 Å². The summed E-state index contributed by atoms with van der Waals surface area (Å²) in [6.45, 7) is 4.32. The number of amides is 1. The molecule has 35 heavy (non-hydrogen) atoms. The number of carbonyl (C=O) groups is 2. The zero-order chi connectivity index (χ0) is 24.1. The van der Waals surface area contributed by atoms with Crippen molar-refractivity contribution < 1.29 is 50.5 Å². The van der Waals surface area contributed by atoms with Crippen molar-refractivity contribution in [3.8, 4) is 5.75 Å². The molecule has 5 nitrogen and oxygen atoms in total. The molecule has 0 bridgehead atoms. The summed E-state index contributed by atoms with van der Waals surface area (Å²) in [5, 5.41) is 14.7. The van der Waals surface area contributed by atoms with Gasteiger partial charge in [0.15, 0.2) is 5.91 Å². The maximum Gasteiger partial charge on any atom is 0.308 e. The molecule has 0 radical (unpaired) electrons. The van der Waals surface area contributed by atoms with E-state index in [0.29, 0.717) is 6.61 Å². The van der Waals surface area contributed by atoms with E-state index in [0.717, 1.165) is 42.1 Å². The van der Waals surface area contributed by atoms with Gasteiger partial charge in [-0.3, -0.25) is 9.59 Å². The molecule has 2 N–H and O–H groups in total. The van der Waals surface area contributed by atoms with Gasteiger partial charge in [-0.15, -0.1) is 0 Å². The van der Waals surface area contributed by atoms with Crippen LogP contribution in [0.2, 0.25) is 0 Å². The molecule has 1 aliphatic carbocycles. The summed E-state index contributed by atoms with van der Waals surface area (Å²) < 4.78 is 6.05. The first-order valence-electron chi connectivity index (χ1n) is 12.0. The van der Waals surface area contributed by atoms with Gasteiger partial charge in [-0.05, 0) is 22.3 Å². The van der Waals surface area contributed by atoms with Crippen molar-refractivity contribution in [3.05, 3.63) is 83.8 Å². The van der Waals surface area contributed by atoms with Crippen molar-refractivity contribution in [2.75, 3.05) is 6.54 Å².